The van der Waals surface area contributed by atoms with E-state index in [1.54, 1.807) is 0 Å². The molecule has 0 aromatic carbocycles. The Bertz CT molecular complexity index is 14.0. The van der Waals surface area contributed by atoms with Crippen LogP contribution in [0.25, 0.3) is 0 Å². The Morgan fingerprint density at radius 3 is 0.667 bits per heavy atom. The van der Waals surface area contributed by atoms with Gasteiger partial charge >= 0.3 is 47.5 Å². The maximum atomic E-state index is 0. The van der Waals surface area contributed by atoms with Crippen molar-refractivity contribution in [3.8, 4) is 0 Å². The summed E-state index contributed by atoms with van der Waals surface area (Å²) in [5, 5.41) is 0. The molecule has 0 saturated carbocycles. The summed E-state index contributed by atoms with van der Waals surface area (Å²) in [4.78, 5) is 0. The Kier molecular flexibility index (Phi) is 543. The summed E-state index contributed by atoms with van der Waals surface area (Å²) in [7, 11) is 0. The molecule has 0 aliphatic heterocycles. The van der Waals surface area contributed by atoms with Crippen LogP contribution in [0.2, 0.25) is 0 Å². The molecule has 0 N–H and O–H groups in total. The number of halogens is 4. The predicted octanol–water partition coefficient (Wildman–Crippen LogP) is 0.347. The summed E-state index contributed by atoms with van der Waals surface area (Å²) in [5.41, 5.74) is 0. The van der Waals surface area contributed by atoms with Crippen LogP contribution in [0.3, 0.4) is 0 Å². The first-order chi connectivity index (χ1) is 0. The molecular weight excluding hydrogens is 288 g/mol. The van der Waals surface area contributed by atoms with E-state index in [2.05, 4.69) is 0 Å². The normalized spacial score (nSPS) is 0. The third kappa shape index (κ3) is 29.5. The van der Waals surface area contributed by atoms with E-state index in [-0.39, 0.29) is 100.0 Å². The Labute approximate surface area is 98.8 Å². The van der Waals surface area contributed by atoms with Gasteiger partial charge in [-0.25, -0.2) is 0 Å². The molecule has 0 radical (unpaired) electrons. The van der Waals surface area contributed by atoms with Crippen molar-refractivity contribution in [2.24, 2.45) is 0 Å². The molecular formula is H9Cl4MgSb. The van der Waals surface area contributed by atoms with Crippen LogP contribution in [-0.2, 0) is 0 Å². The van der Waals surface area contributed by atoms with Gasteiger partial charge in [0.1, 0.15) is 0 Å². The summed E-state index contributed by atoms with van der Waals surface area (Å²) in [6.45, 7) is 0. The van der Waals surface area contributed by atoms with Gasteiger partial charge in [-0.1, -0.05) is 0 Å². The fraction of sp³-hybridized carbons (Fsp3) is 0. The van der Waals surface area contributed by atoms with Crippen molar-refractivity contribution >= 4 is 97.1 Å². The Morgan fingerprint density at radius 1 is 0.667 bits per heavy atom. The summed E-state index contributed by atoms with van der Waals surface area (Å²) >= 11 is 0. The van der Waals surface area contributed by atoms with E-state index in [1.165, 1.54) is 0 Å². The van der Waals surface area contributed by atoms with Gasteiger partial charge in [-0.2, -0.15) is 0 Å². The fourth-order valence-corrected chi connectivity index (χ4v) is 0. The number of hydrogen-bond acceptors (Lipinski definition) is 0. The molecule has 0 rings (SSSR count). The van der Waals surface area contributed by atoms with Crippen molar-refractivity contribution in [2.75, 3.05) is 0 Å². The molecule has 6 heavy (non-hydrogen) atoms. The van der Waals surface area contributed by atoms with Crippen LogP contribution in [0.1, 0.15) is 2.85 Å². The zero-order valence-electron chi connectivity index (χ0n) is 5.05. The fourth-order valence-electron chi connectivity index (χ4n) is 0. The first kappa shape index (κ1) is 69.6. The van der Waals surface area contributed by atoms with Crippen LogP contribution >= 0.6 is 49.6 Å². The van der Waals surface area contributed by atoms with Crippen molar-refractivity contribution in [2.45, 2.75) is 0 Å². The Morgan fingerprint density at radius 2 is 0.667 bits per heavy atom. The minimum atomic E-state index is 0. The van der Waals surface area contributed by atoms with Crippen molar-refractivity contribution < 1.29 is 2.85 Å². The van der Waals surface area contributed by atoms with E-state index in [0.29, 0.717) is 0 Å². The summed E-state index contributed by atoms with van der Waals surface area (Å²) < 4.78 is 0. The predicted molar refractivity (Wildman–Crippen MR) is 46.9 cm³/mol. The van der Waals surface area contributed by atoms with E-state index < -0.39 is 0 Å². The van der Waals surface area contributed by atoms with Crippen LogP contribution in [0.4, 0.5) is 0 Å². The van der Waals surface area contributed by atoms with Crippen molar-refractivity contribution in [3.05, 3.63) is 0 Å². The number of hydrogen-bond donors (Lipinski definition) is 0. The molecule has 0 amide bonds. The molecule has 0 aliphatic carbocycles. The zero-order chi connectivity index (χ0) is 0. The zero-order valence-corrected chi connectivity index (χ0v) is 11.8. The van der Waals surface area contributed by atoms with Crippen molar-refractivity contribution in [1.29, 1.82) is 0 Å². The average Bonchev–Trinajstić information content (AvgIpc) is 0. The van der Waals surface area contributed by atoms with E-state index in [1.807, 2.05) is 0 Å². The Hall–Kier alpha value is 2.74. The summed E-state index contributed by atoms with van der Waals surface area (Å²) in [6, 6.07) is 0. The van der Waals surface area contributed by atoms with Crippen molar-refractivity contribution in [3.63, 3.8) is 0 Å². The van der Waals surface area contributed by atoms with Gasteiger partial charge in [0, 0.05) is 0 Å². The standard InChI is InChI=1S/4ClH.Mg.Sb.5H/h4*1H;;;;;;;/q;;;;+2;;;;;2*-1. The molecule has 0 heterocycles. The van der Waals surface area contributed by atoms with Gasteiger partial charge in [0.2, 0.25) is 0 Å². The first-order valence-electron chi connectivity index (χ1n) is 0. The molecule has 0 spiro atoms. The second-order valence-electron chi connectivity index (χ2n) is 0. The van der Waals surface area contributed by atoms with E-state index in [4.69, 9.17) is 0 Å². The second kappa shape index (κ2) is 46.8. The molecule has 0 aromatic rings. The van der Waals surface area contributed by atoms with Crippen molar-refractivity contribution in [1.82, 2.24) is 0 Å². The molecule has 44 valence electrons. The molecule has 0 bridgehead atoms. The monoisotopic (exact) mass is 294 g/mol. The van der Waals surface area contributed by atoms with Crippen LogP contribution in [-0.4, -0.2) is 47.5 Å². The molecule has 6 heteroatoms. The van der Waals surface area contributed by atoms with Gasteiger partial charge in [0.25, 0.3) is 0 Å². The van der Waals surface area contributed by atoms with Crippen LogP contribution in [0.15, 0.2) is 0 Å². The molecule has 0 atom stereocenters. The average molecular weight is 297 g/mol. The molecule has 0 nitrogen and oxygen atoms in total. The third-order valence-electron chi connectivity index (χ3n) is 0. The summed E-state index contributed by atoms with van der Waals surface area (Å²) in [5.74, 6) is 0. The second-order valence-corrected chi connectivity index (χ2v) is 0. The maximum absolute atomic E-state index is 0. The topological polar surface area (TPSA) is 0 Å². The van der Waals surface area contributed by atoms with Gasteiger partial charge in [-0.15, -0.1) is 49.6 Å². The number of rotatable bonds is 0. The minimum absolute atomic E-state index is 0. The van der Waals surface area contributed by atoms with E-state index in [0.717, 1.165) is 0 Å². The molecule has 0 aliphatic rings. The third-order valence-corrected chi connectivity index (χ3v) is 0. The molecule has 0 unspecified atom stereocenters. The van der Waals surface area contributed by atoms with Gasteiger partial charge in [0.15, 0.2) is 0 Å². The van der Waals surface area contributed by atoms with E-state index >= 15 is 0 Å². The van der Waals surface area contributed by atoms with Gasteiger partial charge in [0.05, 0.1) is 0 Å². The molecule has 0 saturated heterocycles. The van der Waals surface area contributed by atoms with Gasteiger partial charge in [-0.3, -0.25) is 0 Å². The van der Waals surface area contributed by atoms with E-state index in [9.17, 15) is 0 Å². The summed E-state index contributed by atoms with van der Waals surface area (Å²) in [6.07, 6.45) is 0. The molecule has 0 aromatic heterocycles. The van der Waals surface area contributed by atoms with Crippen LogP contribution in [0, 0.1) is 0 Å². The van der Waals surface area contributed by atoms with Crippen LogP contribution < -0.4 is 0 Å². The first-order valence-corrected chi connectivity index (χ1v) is 0. The Balaban J connectivity index is 0. The quantitative estimate of drug-likeness (QED) is 0.566. The van der Waals surface area contributed by atoms with Crippen LogP contribution in [0.5, 0.6) is 0 Å². The van der Waals surface area contributed by atoms with Gasteiger partial charge in [-0.05, 0) is 0 Å². The molecule has 0 fully saturated rings. The SMILES string of the molecule is Cl.Cl.Cl.Cl.[H-].[H-].[Mg+2].[SbH3]. The van der Waals surface area contributed by atoms with Gasteiger partial charge < -0.3 is 2.85 Å².